The first-order valence-corrected chi connectivity index (χ1v) is 11.8. The van der Waals surface area contributed by atoms with Crippen molar-refractivity contribution in [2.45, 2.75) is 38.5 Å². The van der Waals surface area contributed by atoms with Crippen molar-refractivity contribution in [2.24, 2.45) is 5.92 Å². The van der Waals surface area contributed by atoms with Gasteiger partial charge in [-0.1, -0.05) is 48.5 Å². The maximum Gasteiger partial charge on any atom is 0.322 e. The van der Waals surface area contributed by atoms with Gasteiger partial charge in [-0.3, -0.25) is 14.6 Å². The van der Waals surface area contributed by atoms with E-state index >= 15 is 0 Å². The number of aryl methyl sites for hydroxylation is 1. The van der Waals surface area contributed by atoms with Gasteiger partial charge in [0.05, 0.1) is 6.61 Å². The molecule has 2 N–H and O–H groups in total. The third-order valence-corrected chi connectivity index (χ3v) is 5.59. The molecule has 0 bridgehead atoms. The lowest BCUT2D eigenvalue weighted by molar-refractivity contribution is -0.138. The summed E-state index contributed by atoms with van der Waals surface area (Å²) >= 11 is 0. The molecule has 0 spiro atoms. The number of hydrogen-bond donors (Lipinski definition) is 2. The van der Waals surface area contributed by atoms with Crippen molar-refractivity contribution in [3.63, 3.8) is 0 Å². The van der Waals surface area contributed by atoms with Gasteiger partial charge in [0.15, 0.2) is 0 Å². The van der Waals surface area contributed by atoms with E-state index in [-0.39, 0.29) is 18.3 Å². The Kier molecular flexibility index (Phi) is 12.3. The minimum absolute atomic E-state index is 0. The molecule has 2 aromatic carbocycles. The Labute approximate surface area is 213 Å². The zero-order chi connectivity index (χ0) is 24.0. The molecule has 1 aromatic heterocycles. The number of nitrogens with one attached hydrogen (secondary N) is 1. The summed E-state index contributed by atoms with van der Waals surface area (Å²) in [6.45, 7) is 0.281. The molecular formula is C28H33ClN2O4. The van der Waals surface area contributed by atoms with E-state index in [1.165, 1.54) is 5.56 Å². The first kappa shape index (κ1) is 27.9. The average molecular weight is 497 g/mol. The molecule has 7 heteroatoms. The van der Waals surface area contributed by atoms with Crippen molar-refractivity contribution >= 4 is 24.3 Å². The van der Waals surface area contributed by atoms with Crippen molar-refractivity contribution in [1.29, 1.82) is 0 Å². The fourth-order valence-electron chi connectivity index (χ4n) is 3.78. The van der Waals surface area contributed by atoms with Crippen molar-refractivity contribution in [2.75, 3.05) is 13.2 Å². The molecule has 1 atom stereocenters. The van der Waals surface area contributed by atoms with Gasteiger partial charge in [-0.2, -0.15) is 0 Å². The third-order valence-electron chi connectivity index (χ3n) is 5.59. The van der Waals surface area contributed by atoms with E-state index in [9.17, 15) is 9.59 Å². The number of halogens is 1. The molecule has 0 radical (unpaired) electrons. The lowest BCUT2D eigenvalue weighted by Gasteiger charge is -2.16. The highest BCUT2D eigenvalue weighted by molar-refractivity contribution is 5.85. The molecule has 3 aromatic rings. The molecule has 0 fully saturated rings. The van der Waals surface area contributed by atoms with Crippen LogP contribution in [-0.2, 0) is 28.9 Å². The Bertz CT molecular complexity index is 1010. The van der Waals surface area contributed by atoms with Gasteiger partial charge in [-0.05, 0) is 67.5 Å². The molecular weight excluding hydrogens is 464 g/mol. The summed E-state index contributed by atoms with van der Waals surface area (Å²) in [7, 11) is 0. The number of hydrogen-bond acceptors (Lipinski definition) is 4. The van der Waals surface area contributed by atoms with Gasteiger partial charge in [0.1, 0.15) is 12.3 Å². The van der Waals surface area contributed by atoms with Crippen LogP contribution in [0.2, 0.25) is 0 Å². The fourth-order valence-corrected chi connectivity index (χ4v) is 3.78. The molecule has 0 aliphatic heterocycles. The largest absolute Gasteiger partial charge is 0.494 e. The summed E-state index contributed by atoms with van der Waals surface area (Å²) in [6.07, 6.45) is 6.98. The third kappa shape index (κ3) is 10.6. The summed E-state index contributed by atoms with van der Waals surface area (Å²) in [5.41, 5.74) is 3.16. The average Bonchev–Trinajstić information content (AvgIpc) is 2.86. The number of carbonyl (C=O) groups is 2. The summed E-state index contributed by atoms with van der Waals surface area (Å²) in [6, 6.07) is 23.8. The second-order valence-electron chi connectivity index (χ2n) is 8.33. The number of carboxylic acids is 1. The second kappa shape index (κ2) is 15.5. The van der Waals surface area contributed by atoms with Crippen LogP contribution < -0.4 is 10.1 Å². The van der Waals surface area contributed by atoms with E-state index in [1.54, 1.807) is 6.20 Å². The van der Waals surface area contributed by atoms with Gasteiger partial charge in [0, 0.05) is 24.2 Å². The van der Waals surface area contributed by atoms with Crippen LogP contribution in [0.25, 0.3) is 0 Å². The molecule has 1 amide bonds. The van der Waals surface area contributed by atoms with Gasteiger partial charge in [-0.15, -0.1) is 12.4 Å². The van der Waals surface area contributed by atoms with Gasteiger partial charge >= 0.3 is 5.97 Å². The van der Waals surface area contributed by atoms with Crippen molar-refractivity contribution in [3.05, 3.63) is 95.8 Å². The van der Waals surface area contributed by atoms with E-state index in [0.717, 1.165) is 42.7 Å². The van der Waals surface area contributed by atoms with E-state index < -0.39 is 18.4 Å². The predicted molar refractivity (Wildman–Crippen MR) is 139 cm³/mol. The van der Waals surface area contributed by atoms with Crippen molar-refractivity contribution in [1.82, 2.24) is 10.3 Å². The zero-order valence-electron chi connectivity index (χ0n) is 19.8. The molecule has 35 heavy (non-hydrogen) atoms. The molecule has 1 unspecified atom stereocenters. The Morgan fingerprint density at radius 1 is 0.857 bits per heavy atom. The van der Waals surface area contributed by atoms with Crippen LogP contribution in [0.4, 0.5) is 0 Å². The van der Waals surface area contributed by atoms with Crippen molar-refractivity contribution < 1.29 is 19.4 Å². The molecule has 186 valence electrons. The Morgan fingerprint density at radius 2 is 1.60 bits per heavy atom. The lowest BCUT2D eigenvalue weighted by Crippen LogP contribution is -2.36. The van der Waals surface area contributed by atoms with Crippen LogP contribution in [0.1, 0.15) is 36.1 Å². The van der Waals surface area contributed by atoms with E-state index in [2.05, 4.69) is 34.6 Å². The number of rotatable bonds is 14. The number of benzene rings is 2. The van der Waals surface area contributed by atoms with Crippen LogP contribution in [0.3, 0.4) is 0 Å². The Balaban J connectivity index is 0.00000432. The van der Waals surface area contributed by atoms with Crippen LogP contribution >= 0.6 is 12.4 Å². The number of ether oxygens (including phenoxy) is 1. The molecule has 0 aliphatic carbocycles. The first-order chi connectivity index (χ1) is 16.6. The summed E-state index contributed by atoms with van der Waals surface area (Å²) in [4.78, 5) is 27.8. The maximum absolute atomic E-state index is 12.6. The van der Waals surface area contributed by atoms with E-state index in [0.29, 0.717) is 19.4 Å². The van der Waals surface area contributed by atoms with Crippen LogP contribution in [0.15, 0.2) is 79.0 Å². The van der Waals surface area contributed by atoms with E-state index in [1.807, 2.05) is 48.5 Å². The van der Waals surface area contributed by atoms with Crippen LogP contribution in [-0.4, -0.2) is 35.1 Å². The first-order valence-electron chi connectivity index (χ1n) is 11.8. The smallest absolute Gasteiger partial charge is 0.322 e. The summed E-state index contributed by atoms with van der Waals surface area (Å²) in [5.74, 6) is -0.954. The van der Waals surface area contributed by atoms with Gasteiger partial charge in [0.25, 0.3) is 0 Å². The normalized spacial score (nSPS) is 11.2. The van der Waals surface area contributed by atoms with Crippen LogP contribution in [0, 0.1) is 5.92 Å². The number of aliphatic carboxylic acids is 1. The van der Waals surface area contributed by atoms with Gasteiger partial charge < -0.3 is 15.2 Å². The maximum atomic E-state index is 12.6. The van der Waals surface area contributed by atoms with Crippen molar-refractivity contribution in [3.8, 4) is 5.75 Å². The summed E-state index contributed by atoms with van der Waals surface area (Å²) in [5, 5.41) is 11.4. The fraction of sp³-hybridized carbons (Fsp3) is 0.321. The van der Waals surface area contributed by atoms with Gasteiger partial charge in [-0.25, -0.2) is 0 Å². The second-order valence-corrected chi connectivity index (χ2v) is 8.33. The highest BCUT2D eigenvalue weighted by Crippen LogP contribution is 2.18. The molecule has 0 saturated heterocycles. The lowest BCUT2D eigenvalue weighted by atomic mass is 9.93. The molecule has 6 nitrogen and oxygen atoms in total. The quantitative estimate of drug-likeness (QED) is 0.310. The highest BCUT2D eigenvalue weighted by Gasteiger charge is 2.21. The number of amides is 1. The molecule has 0 saturated carbocycles. The molecule has 1 heterocycles. The number of carboxylic acid groups (broad SMARTS) is 1. The number of aromatic nitrogens is 1. The number of nitrogens with zero attached hydrogens (tertiary/aromatic N) is 1. The van der Waals surface area contributed by atoms with Crippen LogP contribution in [0.5, 0.6) is 5.75 Å². The number of unbranched alkanes of at least 4 members (excludes halogenated alkanes) is 2. The molecule has 0 aliphatic rings. The number of pyridine rings is 1. The predicted octanol–water partition coefficient (Wildman–Crippen LogP) is 4.90. The SMILES string of the molecule is Cl.O=C(O)CNC(=O)C(Cc1ccc(OCCCCCc2ccccc2)cc1)Cc1ccccn1. The zero-order valence-corrected chi connectivity index (χ0v) is 20.6. The highest BCUT2D eigenvalue weighted by atomic mass is 35.5. The van der Waals surface area contributed by atoms with E-state index in [4.69, 9.17) is 9.84 Å². The topological polar surface area (TPSA) is 88.5 Å². The minimum Gasteiger partial charge on any atom is -0.494 e. The summed E-state index contributed by atoms with van der Waals surface area (Å²) < 4.78 is 5.87. The minimum atomic E-state index is -1.06. The Morgan fingerprint density at radius 3 is 2.29 bits per heavy atom. The molecule has 3 rings (SSSR count). The van der Waals surface area contributed by atoms with Gasteiger partial charge in [0.2, 0.25) is 5.91 Å². The monoisotopic (exact) mass is 496 g/mol. The number of carbonyl (C=O) groups excluding carboxylic acids is 1. The Hall–Kier alpha value is -3.38. The standard InChI is InChI=1S/C28H32N2O4.ClH/c31-27(32)21-30-28(33)24(20-25-12-6-7-17-29-25)19-23-13-15-26(16-14-23)34-18-8-2-5-11-22-9-3-1-4-10-22;/h1,3-4,6-7,9-10,12-17,24H,2,5,8,11,18-21H2,(H,30,33)(H,31,32);1H.